The van der Waals surface area contributed by atoms with Crippen LogP contribution in [-0.4, -0.2) is 38.6 Å². The van der Waals surface area contributed by atoms with Crippen LogP contribution in [0.3, 0.4) is 0 Å². The van der Waals surface area contributed by atoms with Crippen LogP contribution in [0.15, 0.2) is 45.1 Å². The number of nitrogens with one attached hydrogen (secondary N) is 2. The van der Waals surface area contributed by atoms with Crippen molar-refractivity contribution in [3.05, 3.63) is 47.2 Å². The number of halogens is 1. The van der Waals surface area contributed by atoms with E-state index in [1.54, 1.807) is 18.4 Å². The van der Waals surface area contributed by atoms with Gasteiger partial charge in [-0.15, -0.1) is 35.3 Å². The largest absolute Gasteiger partial charge is 0.461 e. The van der Waals surface area contributed by atoms with Gasteiger partial charge in [-0.3, -0.25) is 4.99 Å². The number of aliphatic imine (C=N–C) groups is 1. The molecular formula is C18H24IN5OS. The van der Waals surface area contributed by atoms with E-state index < -0.39 is 0 Å². The van der Waals surface area contributed by atoms with E-state index in [4.69, 9.17) is 4.42 Å². The van der Waals surface area contributed by atoms with E-state index in [0.717, 1.165) is 46.5 Å². The normalized spacial score (nSPS) is 11.3. The molecule has 0 bridgehead atoms. The molecule has 26 heavy (non-hydrogen) atoms. The van der Waals surface area contributed by atoms with Gasteiger partial charge in [-0.05, 0) is 12.1 Å². The summed E-state index contributed by atoms with van der Waals surface area (Å²) in [6, 6.07) is 10.1. The molecule has 0 atom stereocenters. The van der Waals surface area contributed by atoms with Crippen LogP contribution in [0.25, 0.3) is 11.0 Å². The van der Waals surface area contributed by atoms with Crippen LogP contribution in [0.1, 0.15) is 11.5 Å². The van der Waals surface area contributed by atoms with Gasteiger partial charge in [-0.1, -0.05) is 18.2 Å². The van der Waals surface area contributed by atoms with Gasteiger partial charge in [-0.2, -0.15) is 0 Å². The molecule has 2 aromatic heterocycles. The maximum atomic E-state index is 5.82. The summed E-state index contributed by atoms with van der Waals surface area (Å²) in [7, 11) is 5.76. The van der Waals surface area contributed by atoms with Crippen molar-refractivity contribution in [1.82, 2.24) is 15.6 Å². The Balaban J connectivity index is 0.00000243. The number of para-hydroxylation sites is 1. The summed E-state index contributed by atoms with van der Waals surface area (Å²) in [5.41, 5.74) is 1.94. The number of rotatable bonds is 6. The Hall–Kier alpha value is -1.81. The number of anilines is 1. The molecule has 140 valence electrons. The van der Waals surface area contributed by atoms with Crippen LogP contribution in [0, 0.1) is 0 Å². The Morgan fingerprint density at radius 2 is 2.08 bits per heavy atom. The molecule has 2 heterocycles. The molecule has 2 N–H and O–H groups in total. The van der Waals surface area contributed by atoms with Crippen LogP contribution in [0.5, 0.6) is 0 Å². The minimum Gasteiger partial charge on any atom is -0.461 e. The molecule has 8 heteroatoms. The van der Waals surface area contributed by atoms with Crippen LogP contribution in [0.4, 0.5) is 5.13 Å². The Morgan fingerprint density at radius 1 is 1.27 bits per heavy atom. The summed E-state index contributed by atoms with van der Waals surface area (Å²) in [5.74, 6) is 1.73. The molecule has 0 saturated carbocycles. The van der Waals surface area contributed by atoms with E-state index >= 15 is 0 Å². The zero-order valence-corrected chi connectivity index (χ0v) is 18.3. The van der Waals surface area contributed by atoms with Gasteiger partial charge in [0.1, 0.15) is 11.3 Å². The summed E-state index contributed by atoms with van der Waals surface area (Å²) >= 11 is 1.64. The topological polar surface area (TPSA) is 65.7 Å². The van der Waals surface area contributed by atoms with Gasteiger partial charge in [0.25, 0.3) is 0 Å². The summed E-state index contributed by atoms with van der Waals surface area (Å²) < 4.78 is 5.82. The molecule has 0 spiro atoms. The first-order valence-electron chi connectivity index (χ1n) is 8.19. The van der Waals surface area contributed by atoms with Crippen molar-refractivity contribution in [3.63, 3.8) is 0 Å². The second-order valence-electron chi connectivity index (χ2n) is 5.87. The highest BCUT2D eigenvalue weighted by atomic mass is 127. The molecule has 1 aromatic carbocycles. The first kappa shape index (κ1) is 20.5. The summed E-state index contributed by atoms with van der Waals surface area (Å²) in [6.45, 7) is 1.40. The highest BCUT2D eigenvalue weighted by molar-refractivity contribution is 14.0. The van der Waals surface area contributed by atoms with Gasteiger partial charge in [0.15, 0.2) is 11.1 Å². The third-order valence-corrected chi connectivity index (χ3v) is 4.78. The zero-order chi connectivity index (χ0) is 17.6. The van der Waals surface area contributed by atoms with Crippen LogP contribution < -0.4 is 15.5 Å². The SMILES string of the molecule is CN=C(NCCc1cc2ccccc2o1)NCc1csc(N(C)C)n1.I. The quantitative estimate of drug-likeness (QED) is 0.318. The molecule has 0 aliphatic heterocycles. The first-order valence-corrected chi connectivity index (χ1v) is 9.07. The fourth-order valence-electron chi connectivity index (χ4n) is 2.44. The zero-order valence-electron chi connectivity index (χ0n) is 15.2. The molecule has 0 aliphatic rings. The average Bonchev–Trinajstić information content (AvgIpc) is 3.24. The molecule has 0 fully saturated rings. The van der Waals surface area contributed by atoms with Crippen molar-refractivity contribution in [3.8, 4) is 0 Å². The van der Waals surface area contributed by atoms with E-state index in [9.17, 15) is 0 Å². The number of hydrogen-bond acceptors (Lipinski definition) is 5. The van der Waals surface area contributed by atoms with E-state index in [1.807, 2.05) is 37.2 Å². The lowest BCUT2D eigenvalue weighted by Crippen LogP contribution is -2.37. The van der Waals surface area contributed by atoms with E-state index in [-0.39, 0.29) is 24.0 Å². The number of nitrogens with zero attached hydrogens (tertiary/aromatic N) is 3. The van der Waals surface area contributed by atoms with Crippen molar-refractivity contribution < 1.29 is 4.42 Å². The first-order chi connectivity index (χ1) is 12.2. The molecule has 6 nitrogen and oxygen atoms in total. The van der Waals surface area contributed by atoms with Gasteiger partial charge in [-0.25, -0.2) is 4.98 Å². The average molecular weight is 485 g/mol. The predicted molar refractivity (Wildman–Crippen MR) is 120 cm³/mol. The van der Waals surface area contributed by atoms with Gasteiger partial charge in [0.05, 0.1) is 12.2 Å². The summed E-state index contributed by atoms with van der Waals surface area (Å²) in [5, 5.41) is 10.8. The lowest BCUT2D eigenvalue weighted by molar-refractivity contribution is 0.544. The van der Waals surface area contributed by atoms with Gasteiger partial charge < -0.3 is 20.0 Å². The highest BCUT2D eigenvalue weighted by Gasteiger charge is 2.06. The second kappa shape index (κ2) is 9.77. The third-order valence-electron chi connectivity index (χ3n) is 3.72. The lowest BCUT2D eigenvalue weighted by atomic mass is 10.2. The van der Waals surface area contributed by atoms with Crippen molar-refractivity contribution in [2.24, 2.45) is 4.99 Å². The number of aromatic nitrogens is 1. The van der Waals surface area contributed by atoms with Crippen molar-refractivity contribution >= 4 is 57.4 Å². The maximum Gasteiger partial charge on any atom is 0.191 e. The van der Waals surface area contributed by atoms with Crippen LogP contribution in [-0.2, 0) is 13.0 Å². The number of fused-ring (bicyclic) bond motifs is 1. The number of furan rings is 1. The Bertz CT molecular complexity index is 825. The van der Waals surface area contributed by atoms with E-state index in [0.29, 0.717) is 6.54 Å². The van der Waals surface area contributed by atoms with Gasteiger partial charge >= 0.3 is 0 Å². The van der Waals surface area contributed by atoms with E-state index in [1.165, 1.54) is 0 Å². The Kier molecular flexibility index (Phi) is 7.70. The molecular weight excluding hydrogens is 461 g/mol. The fourth-order valence-corrected chi connectivity index (χ4v) is 3.20. The predicted octanol–water partition coefficient (Wildman–Crippen LogP) is 3.48. The van der Waals surface area contributed by atoms with Gasteiger partial charge in [0.2, 0.25) is 0 Å². The number of hydrogen-bond donors (Lipinski definition) is 2. The van der Waals surface area contributed by atoms with Crippen LogP contribution in [0.2, 0.25) is 0 Å². The number of guanidine groups is 1. The molecule has 0 unspecified atom stereocenters. The molecule has 0 amide bonds. The number of benzene rings is 1. The van der Waals surface area contributed by atoms with Crippen molar-refractivity contribution in [1.29, 1.82) is 0 Å². The molecule has 3 rings (SSSR count). The lowest BCUT2D eigenvalue weighted by Gasteiger charge is -2.10. The maximum absolute atomic E-state index is 5.82. The smallest absolute Gasteiger partial charge is 0.191 e. The third kappa shape index (κ3) is 5.34. The van der Waals surface area contributed by atoms with E-state index in [2.05, 4.69) is 38.1 Å². The second-order valence-corrected chi connectivity index (χ2v) is 6.71. The molecule has 0 saturated heterocycles. The standard InChI is InChI=1S/C18H23N5OS.HI/c1-19-17(21-11-14-12-25-18(22-14)23(2)3)20-9-8-15-10-13-6-4-5-7-16(13)24-15;/h4-7,10,12H,8-9,11H2,1-3H3,(H2,19,20,21);1H. The Morgan fingerprint density at radius 3 is 2.77 bits per heavy atom. The van der Waals surface area contributed by atoms with Crippen molar-refractivity contribution in [2.75, 3.05) is 32.6 Å². The van der Waals surface area contributed by atoms with Gasteiger partial charge in [0, 0.05) is 44.9 Å². The number of thiazole rings is 1. The monoisotopic (exact) mass is 485 g/mol. The van der Waals surface area contributed by atoms with Crippen molar-refractivity contribution in [2.45, 2.75) is 13.0 Å². The molecule has 0 aliphatic carbocycles. The highest BCUT2D eigenvalue weighted by Crippen LogP contribution is 2.19. The summed E-state index contributed by atoms with van der Waals surface area (Å²) in [4.78, 5) is 10.8. The Labute approximate surface area is 174 Å². The summed E-state index contributed by atoms with van der Waals surface area (Å²) in [6.07, 6.45) is 0.802. The minimum absolute atomic E-state index is 0. The van der Waals surface area contributed by atoms with Crippen LogP contribution >= 0.6 is 35.3 Å². The fraction of sp³-hybridized carbons (Fsp3) is 0.333. The molecule has 0 radical (unpaired) electrons. The molecule has 3 aromatic rings. The minimum atomic E-state index is 0.